The van der Waals surface area contributed by atoms with Crippen molar-refractivity contribution < 1.29 is 4.74 Å². The number of nitrogens with zero attached hydrogens (tertiary/aromatic N) is 3. The van der Waals surface area contributed by atoms with Crippen molar-refractivity contribution in [2.24, 2.45) is 0 Å². The molecule has 2 aliphatic carbocycles. The maximum absolute atomic E-state index is 14.3. The minimum atomic E-state index is -0.271. The molecule has 2 aromatic rings. The van der Waals surface area contributed by atoms with Crippen LogP contribution in [0, 0.1) is 11.3 Å². The van der Waals surface area contributed by atoms with E-state index in [1.807, 2.05) is 10.6 Å². The molecule has 0 radical (unpaired) electrons. The van der Waals surface area contributed by atoms with Gasteiger partial charge in [0.15, 0.2) is 5.16 Å². The first-order valence-electron chi connectivity index (χ1n) is 11.3. The van der Waals surface area contributed by atoms with E-state index in [4.69, 9.17) is 9.72 Å². The van der Waals surface area contributed by atoms with Gasteiger partial charge in [-0.2, -0.15) is 5.26 Å². The third kappa shape index (κ3) is 3.52. The fourth-order valence-corrected chi connectivity index (χ4v) is 6.69. The van der Waals surface area contributed by atoms with Crippen LogP contribution in [0.25, 0.3) is 11.3 Å². The van der Waals surface area contributed by atoms with Gasteiger partial charge in [-0.05, 0) is 51.5 Å². The summed E-state index contributed by atoms with van der Waals surface area (Å²) in [5.74, 6) is 0.282. The molecule has 1 saturated carbocycles. The van der Waals surface area contributed by atoms with E-state index in [-0.39, 0.29) is 28.4 Å². The van der Waals surface area contributed by atoms with Crippen LogP contribution < -0.4 is 5.56 Å². The molecule has 2 heterocycles. The van der Waals surface area contributed by atoms with Gasteiger partial charge in [-0.15, -0.1) is 0 Å². The fourth-order valence-electron chi connectivity index (χ4n) is 5.96. The number of benzene rings is 1. The van der Waals surface area contributed by atoms with Crippen molar-refractivity contribution in [3.63, 3.8) is 0 Å². The Balaban J connectivity index is 1.75. The smallest absolute Gasteiger partial charge is 0.258 e. The van der Waals surface area contributed by atoms with Gasteiger partial charge in [-0.25, -0.2) is 4.98 Å². The Hall–Kier alpha value is -2.10. The van der Waals surface area contributed by atoms with E-state index in [2.05, 4.69) is 38.1 Å². The summed E-state index contributed by atoms with van der Waals surface area (Å²) < 4.78 is 7.87. The molecule has 1 aromatic heterocycles. The predicted octanol–water partition coefficient (Wildman–Crippen LogP) is 5.02. The molecule has 0 amide bonds. The first-order valence-corrected chi connectivity index (χ1v) is 12.3. The van der Waals surface area contributed by atoms with Crippen molar-refractivity contribution in [3.05, 3.63) is 45.7 Å². The standard InChI is InChI=1S/C25H29N3O2S/c1-24(2)16-18(9-13-30-24)28-22(29)20-21(27-23(28)31-14-12-26)19-8-4-3-7-17(19)15-25(20)10-5-6-11-25/h3-4,7-8,18H,5-6,9-11,13-16H2,1-2H3. The summed E-state index contributed by atoms with van der Waals surface area (Å²) in [4.78, 5) is 19.4. The maximum atomic E-state index is 14.3. The second kappa shape index (κ2) is 7.79. The number of fused-ring (bicyclic) bond motifs is 4. The minimum Gasteiger partial charge on any atom is -0.375 e. The van der Waals surface area contributed by atoms with Crippen molar-refractivity contribution >= 4 is 11.8 Å². The van der Waals surface area contributed by atoms with Gasteiger partial charge in [0.1, 0.15) is 0 Å². The molecule has 1 unspecified atom stereocenters. The lowest BCUT2D eigenvalue weighted by atomic mass is 9.68. The first kappa shape index (κ1) is 20.8. The van der Waals surface area contributed by atoms with E-state index in [1.54, 1.807) is 0 Å². The van der Waals surface area contributed by atoms with Crippen molar-refractivity contribution in [1.82, 2.24) is 9.55 Å². The zero-order valence-corrected chi connectivity index (χ0v) is 19.1. The maximum Gasteiger partial charge on any atom is 0.258 e. The largest absolute Gasteiger partial charge is 0.375 e. The Morgan fingerprint density at radius 2 is 2.06 bits per heavy atom. The Bertz CT molecular complexity index is 1110. The van der Waals surface area contributed by atoms with E-state index in [0.29, 0.717) is 11.8 Å². The highest BCUT2D eigenvalue weighted by Gasteiger charge is 2.45. The zero-order valence-electron chi connectivity index (χ0n) is 18.3. The molecule has 162 valence electrons. The summed E-state index contributed by atoms with van der Waals surface area (Å²) in [5.41, 5.74) is 3.91. The van der Waals surface area contributed by atoms with Crippen LogP contribution in [-0.2, 0) is 16.6 Å². The Morgan fingerprint density at radius 3 is 2.81 bits per heavy atom. The summed E-state index contributed by atoms with van der Waals surface area (Å²) in [5, 5.41) is 9.92. The average molecular weight is 436 g/mol. The molecular formula is C25H29N3O2S. The van der Waals surface area contributed by atoms with Gasteiger partial charge in [0.05, 0.1) is 28.7 Å². The van der Waals surface area contributed by atoms with Gasteiger partial charge in [-0.3, -0.25) is 9.36 Å². The fraction of sp³-hybridized carbons (Fsp3) is 0.560. The highest BCUT2D eigenvalue weighted by atomic mass is 32.2. The summed E-state index contributed by atoms with van der Waals surface area (Å²) >= 11 is 1.38. The third-order valence-electron chi connectivity index (χ3n) is 7.28. The summed E-state index contributed by atoms with van der Waals surface area (Å²) in [6, 6.07) is 10.7. The zero-order chi connectivity index (χ0) is 21.6. The van der Waals surface area contributed by atoms with Gasteiger partial charge < -0.3 is 4.74 Å². The summed E-state index contributed by atoms with van der Waals surface area (Å²) in [6.07, 6.45) is 6.93. The van der Waals surface area contributed by atoms with E-state index in [1.165, 1.54) is 17.3 Å². The molecule has 5 nitrogen and oxygen atoms in total. The van der Waals surface area contributed by atoms with Gasteiger partial charge in [-0.1, -0.05) is 48.9 Å². The normalized spacial score (nSPS) is 23.2. The molecule has 3 aliphatic rings. The lowest BCUT2D eigenvalue weighted by Crippen LogP contribution is -2.44. The van der Waals surface area contributed by atoms with Crippen molar-refractivity contribution in [1.29, 1.82) is 5.26 Å². The minimum absolute atomic E-state index is 0.0471. The molecule has 1 aromatic carbocycles. The van der Waals surface area contributed by atoms with E-state index >= 15 is 0 Å². The number of aromatic nitrogens is 2. The van der Waals surface area contributed by atoms with Gasteiger partial charge in [0, 0.05) is 23.6 Å². The Labute approximate surface area is 187 Å². The SMILES string of the molecule is CC1(C)CC(n2c(SCC#N)nc3c(c2=O)C2(CCCC2)Cc2ccccc2-3)CCO1. The number of nitriles is 1. The molecule has 1 spiro atoms. The molecule has 1 atom stereocenters. The van der Waals surface area contributed by atoms with Crippen molar-refractivity contribution in [2.45, 2.75) is 81.0 Å². The number of hydrogen-bond donors (Lipinski definition) is 0. The van der Waals surface area contributed by atoms with Crippen LogP contribution in [0.1, 0.15) is 69.5 Å². The third-order valence-corrected chi connectivity index (χ3v) is 8.10. The first-order chi connectivity index (χ1) is 14.9. The molecule has 0 bridgehead atoms. The van der Waals surface area contributed by atoms with Crippen LogP contribution in [0.15, 0.2) is 34.2 Å². The van der Waals surface area contributed by atoms with Crippen LogP contribution in [0.5, 0.6) is 0 Å². The quantitative estimate of drug-likeness (QED) is 0.500. The summed E-state index contributed by atoms with van der Waals surface area (Å²) in [6.45, 7) is 4.82. The van der Waals surface area contributed by atoms with Crippen LogP contribution in [0.3, 0.4) is 0 Å². The Morgan fingerprint density at radius 1 is 1.29 bits per heavy atom. The predicted molar refractivity (Wildman–Crippen MR) is 122 cm³/mol. The highest BCUT2D eigenvalue weighted by molar-refractivity contribution is 7.99. The van der Waals surface area contributed by atoms with Gasteiger partial charge in [0.25, 0.3) is 5.56 Å². The highest BCUT2D eigenvalue weighted by Crippen LogP contribution is 2.50. The van der Waals surface area contributed by atoms with E-state index in [0.717, 1.165) is 61.8 Å². The lowest BCUT2D eigenvalue weighted by Gasteiger charge is -2.39. The van der Waals surface area contributed by atoms with Crippen molar-refractivity contribution in [3.8, 4) is 17.3 Å². The lowest BCUT2D eigenvalue weighted by molar-refractivity contribution is -0.0710. The molecule has 31 heavy (non-hydrogen) atoms. The number of thioether (sulfide) groups is 1. The molecule has 1 saturated heterocycles. The van der Waals surface area contributed by atoms with Crippen LogP contribution in [-0.4, -0.2) is 27.5 Å². The monoisotopic (exact) mass is 435 g/mol. The summed E-state index contributed by atoms with van der Waals surface area (Å²) in [7, 11) is 0. The van der Waals surface area contributed by atoms with Gasteiger partial charge in [0.2, 0.25) is 0 Å². The number of rotatable bonds is 3. The number of hydrogen-bond acceptors (Lipinski definition) is 5. The van der Waals surface area contributed by atoms with E-state index in [9.17, 15) is 10.1 Å². The van der Waals surface area contributed by atoms with Crippen LogP contribution in [0.2, 0.25) is 0 Å². The molecule has 6 heteroatoms. The molecule has 0 N–H and O–H groups in total. The van der Waals surface area contributed by atoms with Crippen LogP contribution in [0.4, 0.5) is 0 Å². The Kier molecular flexibility index (Phi) is 5.22. The number of ether oxygens (including phenoxy) is 1. The van der Waals surface area contributed by atoms with E-state index < -0.39 is 0 Å². The average Bonchev–Trinajstić information content (AvgIpc) is 3.19. The molecule has 5 rings (SSSR count). The molecule has 1 aliphatic heterocycles. The molecular weight excluding hydrogens is 406 g/mol. The molecule has 2 fully saturated rings. The van der Waals surface area contributed by atoms with Crippen LogP contribution >= 0.6 is 11.8 Å². The second-order valence-electron chi connectivity index (χ2n) is 9.82. The second-order valence-corrected chi connectivity index (χ2v) is 10.8. The van der Waals surface area contributed by atoms with Gasteiger partial charge >= 0.3 is 0 Å². The van der Waals surface area contributed by atoms with Crippen molar-refractivity contribution in [2.75, 3.05) is 12.4 Å². The topological polar surface area (TPSA) is 67.9 Å².